The van der Waals surface area contributed by atoms with Crippen molar-refractivity contribution in [2.24, 2.45) is 0 Å². The molecular weight excluding hydrogens is 98.1 g/mol. The fourth-order valence-electron chi connectivity index (χ4n) is 0. The van der Waals surface area contributed by atoms with E-state index in [0.717, 1.165) is 0 Å². The molecule has 0 bridgehead atoms. The highest BCUT2D eigenvalue weighted by atomic mass is 14.3. The van der Waals surface area contributed by atoms with Crippen molar-refractivity contribution in [1.82, 2.24) is 0 Å². The van der Waals surface area contributed by atoms with Crippen LogP contribution < -0.4 is 0 Å². The van der Waals surface area contributed by atoms with Crippen molar-refractivity contribution in [1.29, 1.82) is 5.41 Å². The van der Waals surface area contributed by atoms with E-state index in [4.69, 9.17) is 5.41 Å². The molecule has 1 N–H and O–H groups in total. The summed E-state index contributed by atoms with van der Waals surface area (Å²) in [4.78, 5) is 0. The van der Waals surface area contributed by atoms with Crippen molar-refractivity contribution in [2.75, 3.05) is 0 Å². The molecule has 0 aromatic rings. The van der Waals surface area contributed by atoms with E-state index in [2.05, 4.69) is 6.58 Å². The van der Waals surface area contributed by atoms with Crippen LogP contribution in [0.2, 0.25) is 0 Å². The lowest BCUT2D eigenvalue weighted by Gasteiger charge is -1.65. The van der Waals surface area contributed by atoms with E-state index in [0.29, 0.717) is 5.71 Å². The van der Waals surface area contributed by atoms with Gasteiger partial charge >= 0.3 is 0 Å². The molecule has 0 aliphatic heterocycles. The number of rotatable bonds is 0. The SMILES string of the molecule is C=C(C)C.CC(C)=N. The van der Waals surface area contributed by atoms with Gasteiger partial charge in [0.05, 0.1) is 0 Å². The molecule has 8 heavy (non-hydrogen) atoms. The first-order chi connectivity index (χ1) is 3.46. The fourth-order valence-corrected chi connectivity index (χ4v) is 0. The normalized spacial score (nSPS) is 6.50. The molecule has 0 aliphatic carbocycles. The molecule has 0 radical (unpaired) electrons. The quantitative estimate of drug-likeness (QED) is 0.369. The summed E-state index contributed by atoms with van der Waals surface area (Å²) in [6.07, 6.45) is 0. The number of hydrogen-bond acceptors (Lipinski definition) is 1. The maximum absolute atomic E-state index is 6.50. The van der Waals surface area contributed by atoms with Gasteiger partial charge in [0.15, 0.2) is 0 Å². The lowest BCUT2D eigenvalue weighted by Crippen LogP contribution is -1.67. The Balaban J connectivity index is 0. The molecule has 0 aliphatic rings. The van der Waals surface area contributed by atoms with E-state index in [9.17, 15) is 0 Å². The van der Waals surface area contributed by atoms with Gasteiger partial charge in [-0.15, -0.1) is 6.58 Å². The molecule has 0 atom stereocenters. The average Bonchev–Trinajstić information content (AvgIpc) is 1.25. The summed E-state index contributed by atoms with van der Waals surface area (Å²) >= 11 is 0. The average molecular weight is 113 g/mol. The van der Waals surface area contributed by atoms with Crippen molar-refractivity contribution in [3.63, 3.8) is 0 Å². The minimum atomic E-state index is 0.667. The highest BCUT2D eigenvalue weighted by molar-refractivity contribution is 5.75. The summed E-state index contributed by atoms with van der Waals surface area (Å²) in [6.45, 7) is 11.0. The second-order valence-electron chi connectivity index (χ2n) is 2.21. The molecule has 0 fully saturated rings. The Morgan fingerprint density at radius 3 is 1.12 bits per heavy atom. The first kappa shape index (κ1) is 10.4. The van der Waals surface area contributed by atoms with Gasteiger partial charge in [0.1, 0.15) is 0 Å². The standard InChI is InChI=1S/C4H8.C3H7N/c1-4(2)3;1-3(2)4/h1H2,2-3H3;4H,1-2H3. The zero-order chi connectivity index (χ0) is 7.15. The zero-order valence-electron chi connectivity index (χ0n) is 6.21. The lowest BCUT2D eigenvalue weighted by atomic mass is 10.4. The zero-order valence-corrected chi connectivity index (χ0v) is 6.21. The van der Waals surface area contributed by atoms with Crippen molar-refractivity contribution in [3.8, 4) is 0 Å². The Bertz CT molecular complexity index is 62.4. The van der Waals surface area contributed by atoms with Crippen molar-refractivity contribution in [3.05, 3.63) is 12.2 Å². The van der Waals surface area contributed by atoms with Gasteiger partial charge in [-0.3, -0.25) is 0 Å². The predicted octanol–water partition coefficient (Wildman–Crippen LogP) is 2.63. The Morgan fingerprint density at radius 1 is 1.12 bits per heavy atom. The van der Waals surface area contributed by atoms with Crippen LogP contribution in [-0.4, -0.2) is 5.71 Å². The molecule has 0 unspecified atom stereocenters. The third-order valence-corrected chi connectivity index (χ3v) is 0. The highest BCUT2D eigenvalue weighted by Crippen LogP contribution is 1.73. The maximum Gasteiger partial charge on any atom is 0.00272 e. The minimum absolute atomic E-state index is 0.667. The van der Waals surface area contributed by atoms with E-state index >= 15 is 0 Å². The summed E-state index contributed by atoms with van der Waals surface area (Å²) in [7, 11) is 0. The van der Waals surface area contributed by atoms with E-state index in [1.807, 2.05) is 13.8 Å². The Labute approximate surface area is 51.9 Å². The van der Waals surface area contributed by atoms with E-state index < -0.39 is 0 Å². The second-order valence-corrected chi connectivity index (χ2v) is 2.21. The van der Waals surface area contributed by atoms with Crippen LogP contribution in [0.5, 0.6) is 0 Å². The highest BCUT2D eigenvalue weighted by Gasteiger charge is 1.55. The van der Waals surface area contributed by atoms with Crippen LogP contribution in [0.3, 0.4) is 0 Å². The van der Waals surface area contributed by atoms with Crippen LogP contribution in [0, 0.1) is 5.41 Å². The summed E-state index contributed by atoms with van der Waals surface area (Å²) < 4.78 is 0. The van der Waals surface area contributed by atoms with Gasteiger partial charge in [-0.25, -0.2) is 0 Å². The smallest absolute Gasteiger partial charge is 0.00272 e. The van der Waals surface area contributed by atoms with Crippen LogP contribution in [0.1, 0.15) is 27.7 Å². The molecular formula is C7H15N. The molecule has 48 valence electrons. The minimum Gasteiger partial charge on any atom is -0.310 e. The molecule has 1 nitrogen and oxygen atoms in total. The fraction of sp³-hybridized carbons (Fsp3) is 0.571. The van der Waals surface area contributed by atoms with Crippen LogP contribution in [0.15, 0.2) is 12.2 Å². The first-order valence-electron chi connectivity index (χ1n) is 2.60. The third kappa shape index (κ3) is 302. The van der Waals surface area contributed by atoms with E-state index in [-0.39, 0.29) is 0 Å². The van der Waals surface area contributed by atoms with Crippen molar-refractivity contribution in [2.45, 2.75) is 27.7 Å². The molecule has 0 amide bonds. The van der Waals surface area contributed by atoms with Crippen LogP contribution >= 0.6 is 0 Å². The van der Waals surface area contributed by atoms with Gasteiger partial charge in [0, 0.05) is 5.71 Å². The summed E-state index contributed by atoms with van der Waals surface area (Å²) in [5.41, 5.74) is 1.83. The number of nitrogens with one attached hydrogen (secondary N) is 1. The van der Waals surface area contributed by atoms with Crippen LogP contribution in [0.4, 0.5) is 0 Å². The van der Waals surface area contributed by atoms with Crippen LogP contribution in [-0.2, 0) is 0 Å². The topological polar surface area (TPSA) is 23.9 Å². The maximum atomic E-state index is 6.50. The molecule has 0 saturated carbocycles. The van der Waals surface area contributed by atoms with Gasteiger partial charge in [0.2, 0.25) is 0 Å². The Kier molecular flexibility index (Phi) is 8.34. The van der Waals surface area contributed by atoms with Crippen molar-refractivity contribution < 1.29 is 0 Å². The van der Waals surface area contributed by atoms with Crippen molar-refractivity contribution >= 4 is 5.71 Å². The van der Waals surface area contributed by atoms with E-state index in [1.54, 1.807) is 13.8 Å². The number of hydrogen-bond donors (Lipinski definition) is 1. The molecule has 0 aromatic carbocycles. The number of allylic oxidation sites excluding steroid dienone is 1. The summed E-state index contributed by atoms with van der Waals surface area (Å²) in [5.74, 6) is 0. The van der Waals surface area contributed by atoms with Gasteiger partial charge in [0.25, 0.3) is 0 Å². The van der Waals surface area contributed by atoms with Gasteiger partial charge in [-0.05, 0) is 27.7 Å². The Morgan fingerprint density at radius 2 is 1.12 bits per heavy atom. The van der Waals surface area contributed by atoms with Gasteiger partial charge < -0.3 is 5.41 Å². The summed E-state index contributed by atoms with van der Waals surface area (Å²) in [5, 5.41) is 6.50. The molecule has 0 rings (SSSR count). The summed E-state index contributed by atoms with van der Waals surface area (Å²) in [6, 6.07) is 0. The third-order valence-electron chi connectivity index (χ3n) is 0. The molecule has 0 heterocycles. The Hall–Kier alpha value is -0.590. The van der Waals surface area contributed by atoms with Gasteiger partial charge in [-0.2, -0.15) is 0 Å². The molecule has 0 spiro atoms. The lowest BCUT2D eigenvalue weighted by molar-refractivity contribution is 1.42. The molecule has 0 saturated heterocycles. The molecule has 1 heteroatoms. The van der Waals surface area contributed by atoms with Gasteiger partial charge in [-0.1, -0.05) is 5.57 Å². The van der Waals surface area contributed by atoms with Crippen LogP contribution in [0.25, 0.3) is 0 Å². The largest absolute Gasteiger partial charge is 0.310 e. The molecule has 0 aromatic heterocycles. The van der Waals surface area contributed by atoms with E-state index in [1.165, 1.54) is 5.57 Å². The monoisotopic (exact) mass is 113 g/mol. The second kappa shape index (κ2) is 6.41. The predicted molar refractivity (Wildman–Crippen MR) is 39.6 cm³/mol. The first-order valence-corrected chi connectivity index (χ1v) is 2.60.